The molecule has 2 amide bonds. The highest BCUT2D eigenvalue weighted by Gasteiger charge is 2.21. The molecule has 6 nitrogen and oxygen atoms in total. The summed E-state index contributed by atoms with van der Waals surface area (Å²) >= 11 is 0. The van der Waals surface area contributed by atoms with Crippen LogP contribution in [0.5, 0.6) is 0 Å². The molecule has 0 aromatic carbocycles. The summed E-state index contributed by atoms with van der Waals surface area (Å²) < 4.78 is 0. The molecule has 0 saturated carbocycles. The number of nitrogens with zero attached hydrogens (tertiary/aromatic N) is 2. The van der Waals surface area contributed by atoms with Crippen molar-refractivity contribution in [2.75, 3.05) is 52.9 Å². The van der Waals surface area contributed by atoms with E-state index < -0.39 is 0 Å². The maximum atomic E-state index is 11.9. The Kier molecular flexibility index (Phi) is 8.22. The average Bonchev–Trinajstić information content (AvgIpc) is 2.46. The maximum Gasteiger partial charge on any atom is 0.234 e. The lowest BCUT2D eigenvalue weighted by Crippen LogP contribution is -2.51. The van der Waals surface area contributed by atoms with Crippen LogP contribution in [0.4, 0.5) is 0 Å². The van der Waals surface area contributed by atoms with Gasteiger partial charge in [0.25, 0.3) is 0 Å². The number of rotatable bonds is 8. The van der Waals surface area contributed by atoms with Crippen LogP contribution in [0.2, 0.25) is 0 Å². The van der Waals surface area contributed by atoms with Crippen molar-refractivity contribution in [3.05, 3.63) is 0 Å². The second kappa shape index (κ2) is 9.72. The van der Waals surface area contributed by atoms with Crippen molar-refractivity contribution in [2.45, 2.75) is 26.2 Å². The first-order chi connectivity index (χ1) is 9.67. The second-order valence-electron chi connectivity index (χ2n) is 5.21. The zero-order valence-corrected chi connectivity index (χ0v) is 12.8. The molecule has 2 N–H and O–H groups in total. The number of amides is 2. The molecular formula is C14H28N4O2. The first-order valence-corrected chi connectivity index (χ1v) is 7.58. The quantitative estimate of drug-likeness (QED) is 0.598. The fourth-order valence-electron chi connectivity index (χ4n) is 2.25. The van der Waals surface area contributed by atoms with Crippen LogP contribution in [-0.4, -0.2) is 74.5 Å². The zero-order valence-electron chi connectivity index (χ0n) is 12.8. The van der Waals surface area contributed by atoms with Crippen LogP contribution in [0.25, 0.3) is 0 Å². The average molecular weight is 284 g/mol. The van der Waals surface area contributed by atoms with Gasteiger partial charge in [-0.15, -0.1) is 0 Å². The third-order valence-corrected chi connectivity index (χ3v) is 3.48. The molecule has 1 aliphatic heterocycles. The number of hydrogen-bond acceptors (Lipinski definition) is 4. The smallest absolute Gasteiger partial charge is 0.234 e. The van der Waals surface area contributed by atoms with Crippen molar-refractivity contribution in [1.82, 2.24) is 20.4 Å². The molecule has 1 aliphatic rings. The highest BCUT2D eigenvalue weighted by atomic mass is 16.2. The molecule has 0 spiro atoms. The van der Waals surface area contributed by atoms with Gasteiger partial charge >= 0.3 is 0 Å². The summed E-state index contributed by atoms with van der Waals surface area (Å²) in [6.45, 7) is 7.15. The SMILES string of the molecule is CCCNC(=O)CN1CCN(C(=O)CCCNC)CC1. The summed E-state index contributed by atoms with van der Waals surface area (Å²) in [7, 11) is 1.90. The summed E-state index contributed by atoms with van der Waals surface area (Å²) in [5.74, 6) is 0.316. The van der Waals surface area contributed by atoms with Crippen LogP contribution in [0.15, 0.2) is 0 Å². The Labute approximate surface area is 121 Å². The van der Waals surface area contributed by atoms with Crippen molar-refractivity contribution >= 4 is 11.8 Å². The molecule has 116 valence electrons. The molecule has 1 saturated heterocycles. The van der Waals surface area contributed by atoms with Gasteiger partial charge in [0.1, 0.15) is 0 Å². The largest absolute Gasteiger partial charge is 0.355 e. The number of nitrogens with one attached hydrogen (secondary N) is 2. The normalized spacial score (nSPS) is 16.2. The van der Waals surface area contributed by atoms with Gasteiger partial charge in [-0.05, 0) is 26.4 Å². The van der Waals surface area contributed by atoms with Crippen LogP contribution >= 0.6 is 0 Å². The Balaban J connectivity index is 2.19. The molecule has 1 fully saturated rings. The number of piperazine rings is 1. The molecule has 0 aromatic rings. The number of carbonyl (C=O) groups excluding carboxylic acids is 2. The van der Waals surface area contributed by atoms with E-state index in [0.717, 1.165) is 52.1 Å². The van der Waals surface area contributed by atoms with Crippen molar-refractivity contribution in [1.29, 1.82) is 0 Å². The van der Waals surface area contributed by atoms with Gasteiger partial charge < -0.3 is 15.5 Å². The van der Waals surface area contributed by atoms with E-state index in [1.54, 1.807) is 0 Å². The molecule has 0 bridgehead atoms. The first kappa shape index (κ1) is 16.9. The van der Waals surface area contributed by atoms with E-state index in [4.69, 9.17) is 0 Å². The summed E-state index contributed by atoms with van der Waals surface area (Å²) in [5, 5.41) is 5.93. The standard InChI is InChI=1S/C14H28N4O2/c1-3-6-16-13(19)12-17-8-10-18(11-9-17)14(20)5-4-7-15-2/h15H,3-12H2,1-2H3,(H,16,19). The van der Waals surface area contributed by atoms with E-state index in [1.165, 1.54) is 0 Å². The Hall–Kier alpha value is -1.14. The molecule has 0 aromatic heterocycles. The highest BCUT2D eigenvalue weighted by Crippen LogP contribution is 2.04. The minimum atomic E-state index is 0.0839. The van der Waals surface area contributed by atoms with E-state index >= 15 is 0 Å². The predicted octanol–water partition coefficient (Wildman–Crippen LogP) is -0.344. The van der Waals surface area contributed by atoms with E-state index in [9.17, 15) is 9.59 Å². The monoisotopic (exact) mass is 284 g/mol. The second-order valence-corrected chi connectivity index (χ2v) is 5.21. The Morgan fingerprint density at radius 1 is 1.10 bits per heavy atom. The molecule has 0 unspecified atom stereocenters. The molecule has 0 atom stereocenters. The maximum absolute atomic E-state index is 11.9. The first-order valence-electron chi connectivity index (χ1n) is 7.58. The van der Waals surface area contributed by atoms with Gasteiger partial charge in [0, 0.05) is 39.1 Å². The Morgan fingerprint density at radius 3 is 2.40 bits per heavy atom. The van der Waals surface area contributed by atoms with E-state index in [2.05, 4.69) is 15.5 Å². The fraction of sp³-hybridized carbons (Fsp3) is 0.857. The van der Waals surface area contributed by atoms with Gasteiger partial charge in [0.15, 0.2) is 0 Å². The van der Waals surface area contributed by atoms with Gasteiger partial charge in [-0.25, -0.2) is 0 Å². The predicted molar refractivity (Wildman–Crippen MR) is 79.5 cm³/mol. The van der Waals surface area contributed by atoms with Gasteiger partial charge in [-0.1, -0.05) is 6.92 Å². The topological polar surface area (TPSA) is 64.7 Å². The molecule has 6 heteroatoms. The fourth-order valence-corrected chi connectivity index (χ4v) is 2.25. The summed E-state index contributed by atoms with van der Waals surface area (Å²) in [4.78, 5) is 27.6. The lowest BCUT2D eigenvalue weighted by Gasteiger charge is -2.34. The van der Waals surface area contributed by atoms with E-state index in [-0.39, 0.29) is 11.8 Å². The van der Waals surface area contributed by atoms with Gasteiger partial charge in [0.05, 0.1) is 6.54 Å². The van der Waals surface area contributed by atoms with Crippen molar-refractivity contribution < 1.29 is 9.59 Å². The highest BCUT2D eigenvalue weighted by molar-refractivity contribution is 5.78. The summed E-state index contributed by atoms with van der Waals surface area (Å²) in [6, 6.07) is 0. The number of hydrogen-bond donors (Lipinski definition) is 2. The molecule has 0 radical (unpaired) electrons. The number of carbonyl (C=O) groups is 2. The van der Waals surface area contributed by atoms with Gasteiger partial charge in [0.2, 0.25) is 11.8 Å². The third-order valence-electron chi connectivity index (χ3n) is 3.48. The molecular weight excluding hydrogens is 256 g/mol. The summed E-state index contributed by atoms with van der Waals surface area (Å²) in [6.07, 6.45) is 2.45. The molecule has 0 aliphatic carbocycles. The molecule has 20 heavy (non-hydrogen) atoms. The lowest BCUT2D eigenvalue weighted by molar-refractivity contribution is -0.133. The van der Waals surface area contributed by atoms with Crippen LogP contribution < -0.4 is 10.6 Å². The summed E-state index contributed by atoms with van der Waals surface area (Å²) in [5.41, 5.74) is 0. The Bertz CT molecular complexity index is 302. The molecule has 1 heterocycles. The van der Waals surface area contributed by atoms with Crippen LogP contribution in [0.3, 0.4) is 0 Å². The van der Waals surface area contributed by atoms with Crippen molar-refractivity contribution in [3.63, 3.8) is 0 Å². The van der Waals surface area contributed by atoms with Crippen LogP contribution in [0, 0.1) is 0 Å². The minimum absolute atomic E-state index is 0.0839. The Morgan fingerprint density at radius 2 is 1.80 bits per heavy atom. The third kappa shape index (κ3) is 6.34. The van der Waals surface area contributed by atoms with E-state index in [0.29, 0.717) is 13.0 Å². The molecule has 1 rings (SSSR count). The van der Waals surface area contributed by atoms with Gasteiger partial charge in [-0.2, -0.15) is 0 Å². The lowest BCUT2D eigenvalue weighted by atomic mass is 10.2. The van der Waals surface area contributed by atoms with Crippen molar-refractivity contribution in [2.24, 2.45) is 0 Å². The zero-order chi connectivity index (χ0) is 14.8. The van der Waals surface area contributed by atoms with Gasteiger partial charge in [-0.3, -0.25) is 14.5 Å². The van der Waals surface area contributed by atoms with Crippen LogP contribution in [-0.2, 0) is 9.59 Å². The van der Waals surface area contributed by atoms with Crippen LogP contribution in [0.1, 0.15) is 26.2 Å². The van der Waals surface area contributed by atoms with Crippen molar-refractivity contribution in [3.8, 4) is 0 Å². The minimum Gasteiger partial charge on any atom is -0.355 e. The van der Waals surface area contributed by atoms with E-state index in [1.807, 2.05) is 18.9 Å².